The van der Waals surface area contributed by atoms with Gasteiger partial charge in [0.1, 0.15) is 6.04 Å². The number of hydrogen-bond donors (Lipinski definition) is 0. The zero-order valence-corrected chi connectivity index (χ0v) is 15.7. The minimum absolute atomic E-state index is 0.0325. The molecule has 7 nitrogen and oxygen atoms in total. The first-order valence-corrected chi connectivity index (χ1v) is 8.61. The Morgan fingerprint density at radius 2 is 1.42 bits per heavy atom. The van der Waals surface area contributed by atoms with Crippen molar-refractivity contribution >= 4 is 23.7 Å². The molecule has 1 heterocycles. The molecule has 0 radical (unpaired) electrons. The van der Waals surface area contributed by atoms with Crippen LogP contribution < -0.4 is 0 Å². The van der Waals surface area contributed by atoms with E-state index >= 15 is 0 Å². The molecule has 1 aliphatic rings. The summed E-state index contributed by atoms with van der Waals surface area (Å²) in [5.74, 6) is -2.18. The van der Waals surface area contributed by atoms with Crippen LogP contribution in [0.3, 0.4) is 0 Å². The van der Waals surface area contributed by atoms with E-state index in [2.05, 4.69) is 0 Å². The van der Waals surface area contributed by atoms with Crippen LogP contribution in [-0.2, 0) is 14.3 Å². The first-order chi connectivity index (χ1) is 12.2. The predicted octanol–water partition coefficient (Wildman–Crippen LogP) is 1.86. The maximum atomic E-state index is 12.4. The van der Waals surface area contributed by atoms with E-state index in [9.17, 15) is 19.2 Å². The molecule has 0 fully saturated rings. The number of benzene rings is 1. The molecule has 1 unspecified atom stereocenters. The summed E-state index contributed by atoms with van der Waals surface area (Å²) >= 11 is 0. The zero-order valence-electron chi connectivity index (χ0n) is 15.7. The van der Waals surface area contributed by atoms with E-state index in [1.54, 1.807) is 29.2 Å². The van der Waals surface area contributed by atoms with Gasteiger partial charge in [0.05, 0.1) is 11.1 Å². The molecule has 140 valence electrons. The van der Waals surface area contributed by atoms with Gasteiger partial charge in [0.2, 0.25) is 0 Å². The number of nitrogens with zero attached hydrogens (tertiary/aromatic N) is 2. The molecule has 0 N–H and O–H groups in total. The molecule has 2 rings (SSSR count). The highest BCUT2D eigenvalue weighted by atomic mass is 16.5. The van der Waals surface area contributed by atoms with Crippen molar-refractivity contribution in [3.05, 3.63) is 35.4 Å². The Morgan fingerprint density at radius 1 is 0.962 bits per heavy atom. The Bertz CT molecular complexity index is 698. The average molecular weight is 360 g/mol. The van der Waals surface area contributed by atoms with Crippen LogP contribution in [0.2, 0.25) is 0 Å². The number of esters is 1. The maximum Gasteiger partial charge on any atom is 0.329 e. The maximum absolute atomic E-state index is 12.4. The second kappa shape index (κ2) is 7.68. The lowest BCUT2D eigenvalue weighted by molar-refractivity contribution is -0.156. The number of imide groups is 1. The van der Waals surface area contributed by atoms with Crippen molar-refractivity contribution in [2.24, 2.45) is 0 Å². The van der Waals surface area contributed by atoms with Gasteiger partial charge in [-0.15, -0.1) is 0 Å². The van der Waals surface area contributed by atoms with Crippen molar-refractivity contribution in [3.63, 3.8) is 0 Å². The van der Waals surface area contributed by atoms with Crippen LogP contribution in [0.1, 0.15) is 55.3 Å². The molecule has 0 aromatic heterocycles. The molecule has 0 spiro atoms. The predicted molar refractivity (Wildman–Crippen MR) is 94.5 cm³/mol. The molecule has 3 amide bonds. The van der Waals surface area contributed by atoms with Crippen LogP contribution in [0.15, 0.2) is 24.3 Å². The number of amides is 3. The first-order valence-electron chi connectivity index (χ1n) is 8.61. The minimum Gasteiger partial charge on any atom is -0.454 e. The topological polar surface area (TPSA) is 84.0 Å². The lowest BCUT2D eigenvalue weighted by Crippen LogP contribution is -2.47. The summed E-state index contributed by atoms with van der Waals surface area (Å²) in [5, 5.41) is 0. The second-order valence-electron chi connectivity index (χ2n) is 6.80. The van der Waals surface area contributed by atoms with Crippen molar-refractivity contribution in [1.29, 1.82) is 0 Å². The number of hydrogen-bond acceptors (Lipinski definition) is 5. The number of carbonyl (C=O) groups is 4. The fourth-order valence-electron chi connectivity index (χ4n) is 3.17. The van der Waals surface area contributed by atoms with Crippen molar-refractivity contribution in [3.8, 4) is 0 Å². The molecule has 1 aromatic rings. The summed E-state index contributed by atoms with van der Waals surface area (Å²) in [6, 6.07) is 5.22. The Labute approximate surface area is 152 Å². The fourth-order valence-corrected chi connectivity index (χ4v) is 3.17. The van der Waals surface area contributed by atoms with Gasteiger partial charge < -0.3 is 9.64 Å². The van der Waals surface area contributed by atoms with Gasteiger partial charge in [-0.25, -0.2) is 4.79 Å². The highest BCUT2D eigenvalue weighted by Crippen LogP contribution is 2.24. The summed E-state index contributed by atoms with van der Waals surface area (Å²) < 4.78 is 5.08. The lowest BCUT2D eigenvalue weighted by Gasteiger charge is -2.30. The standard InChI is InChI=1S/C19H24N2O5/c1-11(2)20(12(3)4)16(22)10-26-19(25)13(5)21-17(23)14-8-6-7-9-15(14)18(21)24/h6-9,11-13H,10H2,1-5H3. The average Bonchev–Trinajstić information content (AvgIpc) is 2.83. The number of fused-ring (bicyclic) bond motifs is 1. The summed E-state index contributed by atoms with van der Waals surface area (Å²) in [4.78, 5) is 51.9. The molecular weight excluding hydrogens is 336 g/mol. The van der Waals surface area contributed by atoms with Crippen LogP contribution in [-0.4, -0.2) is 58.2 Å². The van der Waals surface area contributed by atoms with Crippen molar-refractivity contribution in [2.45, 2.75) is 52.7 Å². The van der Waals surface area contributed by atoms with E-state index in [0.29, 0.717) is 0 Å². The molecule has 0 bridgehead atoms. The van der Waals surface area contributed by atoms with Crippen LogP contribution >= 0.6 is 0 Å². The summed E-state index contributed by atoms with van der Waals surface area (Å²) in [5.41, 5.74) is 0.526. The highest BCUT2D eigenvalue weighted by molar-refractivity contribution is 6.22. The van der Waals surface area contributed by atoms with Crippen molar-refractivity contribution in [1.82, 2.24) is 9.80 Å². The highest BCUT2D eigenvalue weighted by Gasteiger charge is 2.41. The normalized spacial score (nSPS) is 14.7. The van der Waals surface area contributed by atoms with Gasteiger partial charge in [0.15, 0.2) is 6.61 Å². The Kier molecular flexibility index (Phi) is 5.79. The largest absolute Gasteiger partial charge is 0.454 e. The van der Waals surface area contributed by atoms with Gasteiger partial charge in [0.25, 0.3) is 17.7 Å². The third-order valence-corrected chi connectivity index (χ3v) is 4.29. The first kappa shape index (κ1) is 19.6. The molecule has 7 heteroatoms. The fraction of sp³-hybridized carbons (Fsp3) is 0.474. The summed E-state index contributed by atoms with van der Waals surface area (Å²) in [6.07, 6.45) is 0. The third kappa shape index (κ3) is 3.61. The van der Waals surface area contributed by atoms with Crippen molar-refractivity contribution in [2.75, 3.05) is 6.61 Å². The number of carbonyl (C=O) groups excluding carboxylic acids is 4. The van der Waals surface area contributed by atoms with Crippen LogP contribution in [0.25, 0.3) is 0 Å². The molecule has 0 saturated carbocycles. The monoisotopic (exact) mass is 360 g/mol. The third-order valence-electron chi connectivity index (χ3n) is 4.29. The van der Waals surface area contributed by atoms with Crippen LogP contribution in [0.4, 0.5) is 0 Å². The Morgan fingerprint density at radius 3 is 1.85 bits per heavy atom. The molecule has 26 heavy (non-hydrogen) atoms. The summed E-state index contributed by atoms with van der Waals surface area (Å²) in [6.45, 7) is 8.49. The van der Waals surface area contributed by atoms with E-state index in [0.717, 1.165) is 4.90 Å². The Hall–Kier alpha value is -2.70. The van der Waals surface area contributed by atoms with Gasteiger partial charge in [-0.05, 0) is 46.8 Å². The van der Waals surface area contributed by atoms with E-state index in [4.69, 9.17) is 4.74 Å². The van der Waals surface area contributed by atoms with E-state index in [-0.39, 0.29) is 29.1 Å². The molecule has 0 saturated heterocycles. The lowest BCUT2D eigenvalue weighted by atomic mass is 10.1. The van der Waals surface area contributed by atoms with E-state index in [1.165, 1.54) is 6.92 Å². The molecule has 1 aromatic carbocycles. The van der Waals surface area contributed by atoms with Gasteiger partial charge in [0, 0.05) is 12.1 Å². The van der Waals surface area contributed by atoms with E-state index in [1.807, 2.05) is 27.7 Å². The number of rotatable bonds is 6. The van der Waals surface area contributed by atoms with Gasteiger partial charge in [-0.2, -0.15) is 0 Å². The molecule has 0 aliphatic carbocycles. The van der Waals surface area contributed by atoms with Gasteiger partial charge in [-0.3, -0.25) is 19.3 Å². The molecular formula is C19H24N2O5. The minimum atomic E-state index is -1.11. The smallest absolute Gasteiger partial charge is 0.329 e. The zero-order chi connectivity index (χ0) is 19.6. The SMILES string of the molecule is CC(C(=O)OCC(=O)N(C(C)C)C(C)C)N1C(=O)c2ccccc2C1=O. The molecule has 1 atom stereocenters. The van der Waals surface area contributed by atoms with Crippen LogP contribution in [0.5, 0.6) is 0 Å². The molecule has 1 aliphatic heterocycles. The van der Waals surface area contributed by atoms with Crippen molar-refractivity contribution < 1.29 is 23.9 Å². The van der Waals surface area contributed by atoms with Gasteiger partial charge in [-0.1, -0.05) is 12.1 Å². The van der Waals surface area contributed by atoms with Gasteiger partial charge >= 0.3 is 5.97 Å². The second-order valence-corrected chi connectivity index (χ2v) is 6.80. The van der Waals surface area contributed by atoms with Crippen LogP contribution in [0, 0.1) is 0 Å². The summed E-state index contributed by atoms with van der Waals surface area (Å²) in [7, 11) is 0. The van der Waals surface area contributed by atoms with E-state index < -0.39 is 30.4 Å². The number of ether oxygens (including phenoxy) is 1. The quantitative estimate of drug-likeness (QED) is 0.571. The Balaban J connectivity index is 2.04.